The van der Waals surface area contributed by atoms with Crippen molar-refractivity contribution >= 4 is 28.3 Å². The maximum absolute atomic E-state index is 12.8. The van der Waals surface area contributed by atoms with Gasteiger partial charge in [-0.3, -0.25) is 4.79 Å². The minimum Gasteiger partial charge on any atom is -0.309 e. The highest BCUT2D eigenvalue weighted by Gasteiger charge is 2.15. The Morgan fingerprint density at radius 2 is 1.96 bits per heavy atom. The molecule has 0 saturated carbocycles. The molecule has 1 aromatic carbocycles. The molecular weight excluding hydrogens is 318 g/mol. The Morgan fingerprint density at radius 1 is 1.16 bits per heavy atom. The number of para-hydroxylation sites is 1. The van der Waals surface area contributed by atoms with Crippen molar-refractivity contribution < 1.29 is 4.79 Å². The van der Waals surface area contributed by atoms with Gasteiger partial charge < -0.3 is 5.32 Å². The molecule has 3 heterocycles. The number of amides is 1. The smallest absolute Gasteiger partial charge is 0.309 e. The van der Waals surface area contributed by atoms with Gasteiger partial charge in [0.1, 0.15) is 12.4 Å². The maximum atomic E-state index is 12.8. The summed E-state index contributed by atoms with van der Waals surface area (Å²) in [4.78, 5) is 29.0. The minimum absolute atomic E-state index is 0.176. The molecule has 1 N–H and O–H groups in total. The predicted molar refractivity (Wildman–Crippen MR) is 94.6 cm³/mol. The first-order chi connectivity index (χ1) is 12.1. The van der Waals surface area contributed by atoms with Crippen molar-refractivity contribution in [3.05, 3.63) is 70.8 Å². The molecular formula is C18H15N5O2. The number of carbonyl (C=O) groups is 1. The number of nitrogens with zero attached hydrogens (tertiary/aromatic N) is 4. The van der Waals surface area contributed by atoms with Gasteiger partial charge in [-0.2, -0.15) is 0 Å². The van der Waals surface area contributed by atoms with Crippen LogP contribution in [0.2, 0.25) is 0 Å². The minimum atomic E-state index is -0.355. The zero-order valence-corrected chi connectivity index (χ0v) is 13.5. The highest BCUT2D eigenvalue weighted by molar-refractivity contribution is 5.89. The van der Waals surface area contributed by atoms with Crippen LogP contribution in [0.25, 0.3) is 16.6 Å². The van der Waals surface area contributed by atoms with Gasteiger partial charge in [0, 0.05) is 6.20 Å². The Hall–Kier alpha value is -3.48. The number of rotatable bonds is 3. The van der Waals surface area contributed by atoms with Crippen LogP contribution in [0.1, 0.15) is 5.56 Å². The van der Waals surface area contributed by atoms with E-state index >= 15 is 0 Å². The van der Waals surface area contributed by atoms with Gasteiger partial charge in [0.2, 0.25) is 5.91 Å². The fourth-order valence-electron chi connectivity index (χ4n) is 2.85. The number of nitrogens with one attached hydrogen (secondary N) is 1. The summed E-state index contributed by atoms with van der Waals surface area (Å²) in [5, 5.41) is 7.94. The zero-order chi connectivity index (χ0) is 17.4. The summed E-state index contributed by atoms with van der Waals surface area (Å²) in [6.45, 7) is 1.72. The van der Waals surface area contributed by atoms with Crippen LogP contribution in [0.3, 0.4) is 0 Å². The first kappa shape index (κ1) is 15.1. The number of aryl methyl sites for hydroxylation is 1. The molecule has 7 nitrogen and oxygen atoms in total. The fourth-order valence-corrected chi connectivity index (χ4v) is 2.85. The van der Waals surface area contributed by atoms with E-state index in [0.717, 1.165) is 16.5 Å². The third-order valence-electron chi connectivity index (χ3n) is 3.97. The van der Waals surface area contributed by atoms with Crippen LogP contribution in [0.4, 0.5) is 5.82 Å². The Morgan fingerprint density at radius 3 is 2.76 bits per heavy atom. The maximum Gasteiger partial charge on any atom is 0.351 e. The molecule has 0 aliphatic heterocycles. The number of fused-ring (bicyclic) bond motifs is 3. The van der Waals surface area contributed by atoms with E-state index in [9.17, 15) is 9.59 Å². The second-order valence-corrected chi connectivity index (χ2v) is 5.75. The number of hydrogen-bond donors (Lipinski definition) is 1. The molecule has 1 amide bonds. The largest absolute Gasteiger partial charge is 0.351 e. The molecule has 3 aromatic heterocycles. The average Bonchev–Trinajstić information content (AvgIpc) is 2.93. The van der Waals surface area contributed by atoms with Crippen molar-refractivity contribution in [1.82, 2.24) is 19.2 Å². The number of anilines is 1. The van der Waals surface area contributed by atoms with Crippen molar-refractivity contribution in [2.75, 3.05) is 5.32 Å². The molecule has 0 radical (unpaired) electrons. The van der Waals surface area contributed by atoms with Gasteiger partial charge in [-0.25, -0.2) is 18.9 Å². The van der Waals surface area contributed by atoms with Crippen LogP contribution in [0.15, 0.2) is 59.5 Å². The topological polar surface area (TPSA) is 81.3 Å². The molecule has 0 fully saturated rings. The Kier molecular flexibility index (Phi) is 3.53. The number of carbonyl (C=O) groups excluding carboxylic acids is 1. The summed E-state index contributed by atoms with van der Waals surface area (Å²) in [6.07, 6.45) is 1.59. The molecule has 0 unspecified atom stereocenters. The second kappa shape index (κ2) is 5.86. The lowest BCUT2D eigenvalue weighted by Gasteiger charge is -2.02. The number of pyridine rings is 2. The van der Waals surface area contributed by atoms with Crippen molar-refractivity contribution in [2.45, 2.75) is 13.5 Å². The summed E-state index contributed by atoms with van der Waals surface area (Å²) >= 11 is 0. The van der Waals surface area contributed by atoms with Crippen LogP contribution in [0, 0.1) is 6.92 Å². The molecule has 0 bridgehead atoms. The van der Waals surface area contributed by atoms with Gasteiger partial charge in [-0.15, -0.1) is 5.10 Å². The quantitative estimate of drug-likeness (QED) is 0.622. The summed E-state index contributed by atoms with van der Waals surface area (Å²) in [5.41, 5.74) is 1.85. The molecule has 25 heavy (non-hydrogen) atoms. The van der Waals surface area contributed by atoms with Gasteiger partial charge in [0.15, 0.2) is 5.65 Å². The van der Waals surface area contributed by atoms with E-state index in [4.69, 9.17) is 0 Å². The van der Waals surface area contributed by atoms with E-state index in [1.165, 1.54) is 4.68 Å². The van der Waals surface area contributed by atoms with Crippen molar-refractivity contribution in [2.24, 2.45) is 0 Å². The summed E-state index contributed by atoms with van der Waals surface area (Å²) in [6, 6.07) is 14.8. The number of aromatic nitrogens is 4. The fraction of sp³-hybridized carbons (Fsp3) is 0.111. The Bertz CT molecular complexity index is 1140. The monoisotopic (exact) mass is 333 g/mol. The van der Waals surface area contributed by atoms with Crippen LogP contribution in [0.5, 0.6) is 0 Å². The summed E-state index contributed by atoms with van der Waals surface area (Å²) < 4.78 is 2.71. The van der Waals surface area contributed by atoms with Gasteiger partial charge >= 0.3 is 5.69 Å². The van der Waals surface area contributed by atoms with E-state index in [1.807, 2.05) is 37.3 Å². The summed E-state index contributed by atoms with van der Waals surface area (Å²) in [7, 11) is 0. The number of hydrogen-bond acceptors (Lipinski definition) is 4. The van der Waals surface area contributed by atoms with Gasteiger partial charge in [0.05, 0.1) is 5.52 Å². The lowest BCUT2D eigenvalue weighted by molar-refractivity contribution is -0.117. The molecule has 0 aliphatic rings. The first-order valence-electron chi connectivity index (χ1n) is 7.82. The first-order valence-corrected chi connectivity index (χ1v) is 7.82. The molecule has 0 atom stereocenters. The summed E-state index contributed by atoms with van der Waals surface area (Å²) in [5.74, 6) is 0.0807. The second-order valence-electron chi connectivity index (χ2n) is 5.75. The standard InChI is InChI=1S/C18H15N5O2/c1-12-10-13-6-2-3-7-14(13)23-17(12)21-22(18(23)25)11-16(24)20-15-8-4-5-9-19-15/h2-10H,11H2,1H3,(H,19,20,24). The molecule has 0 aliphatic carbocycles. The Labute approximate surface area is 142 Å². The lowest BCUT2D eigenvalue weighted by Crippen LogP contribution is -2.28. The van der Waals surface area contributed by atoms with E-state index in [2.05, 4.69) is 15.4 Å². The SMILES string of the molecule is Cc1cc2ccccc2n2c(=O)n(CC(=O)Nc3ccccn3)nc12. The predicted octanol–water partition coefficient (Wildman–Crippen LogP) is 1.99. The van der Waals surface area contributed by atoms with E-state index in [-0.39, 0.29) is 18.1 Å². The molecule has 4 rings (SSSR count). The molecule has 7 heteroatoms. The van der Waals surface area contributed by atoms with Gasteiger partial charge in [0.25, 0.3) is 0 Å². The van der Waals surface area contributed by atoms with E-state index < -0.39 is 0 Å². The zero-order valence-electron chi connectivity index (χ0n) is 13.5. The number of benzene rings is 1. The highest BCUT2D eigenvalue weighted by Crippen LogP contribution is 2.17. The van der Waals surface area contributed by atoms with Crippen LogP contribution in [-0.2, 0) is 11.3 Å². The normalized spacial score (nSPS) is 11.1. The van der Waals surface area contributed by atoms with Crippen LogP contribution >= 0.6 is 0 Å². The Balaban J connectivity index is 1.75. The average molecular weight is 333 g/mol. The third-order valence-corrected chi connectivity index (χ3v) is 3.97. The lowest BCUT2D eigenvalue weighted by atomic mass is 10.1. The van der Waals surface area contributed by atoms with Gasteiger partial charge in [-0.05, 0) is 42.1 Å². The third kappa shape index (κ3) is 2.65. The molecule has 4 aromatic rings. The van der Waals surface area contributed by atoms with E-state index in [1.54, 1.807) is 28.8 Å². The van der Waals surface area contributed by atoms with Crippen molar-refractivity contribution in [3.63, 3.8) is 0 Å². The van der Waals surface area contributed by atoms with Gasteiger partial charge in [-0.1, -0.05) is 24.3 Å². The van der Waals surface area contributed by atoms with Crippen LogP contribution < -0.4 is 11.0 Å². The van der Waals surface area contributed by atoms with Crippen molar-refractivity contribution in [3.8, 4) is 0 Å². The van der Waals surface area contributed by atoms with Crippen LogP contribution in [-0.4, -0.2) is 25.1 Å². The van der Waals surface area contributed by atoms with Crippen molar-refractivity contribution in [1.29, 1.82) is 0 Å². The highest BCUT2D eigenvalue weighted by atomic mass is 16.2. The molecule has 0 saturated heterocycles. The molecule has 0 spiro atoms. The van der Waals surface area contributed by atoms with E-state index in [0.29, 0.717) is 11.5 Å². The molecule has 124 valence electrons.